The molecule has 2 aromatic heterocycles. The fourth-order valence-electron chi connectivity index (χ4n) is 5.07. The van der Waals surface area contributed by atoms with Crippen molar-refractivity contribution in [3.8, 4) is 10.6 Å². The highest BCUT2D eigenvalue weighted by atomic mass is 32.2. The van der Waals surface area contributed by atoms with Gasteiger partial charge in [0.25, 0.3) is 5.91 Å². The SMILES string of the molecule is Cc1c(-c2nc(N[C@H]3CCN(S(C)(=O)=O)[C@@H](C)C3)ncc2F)sc2c1C(=O)N(C)C21CC1. The number of rotatable bonds is 4. The predicted molar refractivity (Wildman–Crippen MR) is 121 cm³/mol. The molecule has 0 radical (unpaired) electrons. The fraction of sp³-hybridized carbons (Fsp3) is 0.571. The van der Waals surface area contributed by atoms with Crippen LogP contribution in [0.3, 0.4) is 0 Å². The summed E-state index contributed by atoms with van der Waals surface area (Å²) >= 11 is 1.46. The molecule has 4 heterocycles. The molecular formula is C21H26FN5O3S2. The number of aromatic nitrogens is 2. The van der Waals surface area contributed by atoms with Crippen LogP contribution in [-0.2, 0) is 15.6 Å². The molecule has 0 aromatic carbocycles. The van der Waals surface area contributed by atoms with Gasteiger partial charge in [-0.1, -0.05) is 0 Å². The van der Waals surface area contributed by atoms with E-state index in [2.05, 4.69) is 15.3 Å². The molecule has 172 valence electrons. The number of sulfonamides is 1. The van der Waals surface area contributed by atoms with Gasteiger partial charge >= 0.3 is 0 Å². The normalized spacial score (nSPS) is 24.8. The van der Waals surface area contributed by atoms with Crippen molar-refractivity contribution < 1.29 is 17.6 Å². The second-order valence-electron chi connectivity index (χ2n) is 9.13. The molecule has 1 saturated heterocycles. The van der Waals surface area contributed by atoms with Gasteiger partial charge in [-0.3, -0.25) is 4.79 Å². The smallest absolute Gasteiger partial charge is 0.255 e. The van der Waals surface area contributed by atoms with Gasteiger partial charge in [0, 0.05) is 30.6 Å². The Morgan fingerprint density at radius 2 is 2.06 bits per heavy atom. The first-order chi connectivity index (χ1) is 15.0. The Kier molecular flexibility index (Phi) is 4.88. The van der Waals surface area contributed by atoms with Gasteiger partial charge in [-0.25, -0.2) is 22.8 Å². The van der Waals surface area contributed by atoms with Gasteiger partial charge in [0.15, 0.2) is 5.82 Å². The van der Waals surface area contributed by atoms with Crippen LogP contribution in [0.15, 0.2) is 6.20 Å². The van der Waals surface area contributed by atoms with E-state index in [0.29, 0.717) is 35.8 Å². The third kappa shape index (κ3) is 3.24. The van der Waals surface area contributed by atoms with E-state index in [1.165, 1.54) is 21.9 Å². The molecule has 2 fully saturated rings. The van der Waals surface area contributed by atoms with Crippen molar-refractivity contribution in [3.63, 3.8) is 0 Å². The number of fused-ring (bicyclic) bond motifs is 2. The lowest BCUT2D eigenvalue weighted by Crippen LogP contribution is -2.47. The van der Waals surface area contributed by atoms with Gasteiger partial charge in [-0.2, -0.15) is 4.31 Å². The average Bonchev–Trinajstić information content (AvgIpc) is 3.41. The molecule has 2 aromatic rings. The van der Waals surface area contributed by atoms with Crippen LogP contribution in [0, 0.1) is 12.7 Å². The van der Waals surface area contributed by atoms with Crippen LogP contribution in [0.2, 0.25) is 0 Å². The van der Waals surface area contributed by atoms with Crippen LogP contribution < -0.4 is 5.32 Å². The number of amides is 1. The Morgan fingerprint density at radius 3 is 2.69 bits per heavy atom. The van der Waals surface area contributed by atoms with Crippen LogP contribution in [0.25, 0.3) is 10.6 Å². The molecule has 2 atom stereocenters. The minimum atomic E-state index is -3.24. The Labute approximate surface area is 190 Å². The Balaban J connectivity index is 1.42. The first kappa shape index (κ1) is 21.7. The number of halogens is 1. The van der Waals surface area contributed by atoms with E-state index >= 15 is 0 Å². The minimum Gasteiger partial charge on any atom is -0.351 e. The van der Waals surface area contributed by atoms with E-state index in [0.717, 1.165) is 29.5 Å². The van der Waals surface area contributed by atoms with Crippen LogP contribution >= 0.6 is 11.3 Å². The van der Waals surface area contributed by atoms with E-state index in [4.69, 9.17) is 0 Å². The summed E-state index contributed by atoms with van der Waals surface area (Å²) < 4.78 is 40.1. The summed E-state index contributed by atoms with van der Waals surface area (Å²) in [7, 11) is -1.40. The number of nitrogens with zero attached hydrogens (tertiary/aromatic N) is 4. The maximum Gasteiger partial charge on any atom is 0.255 e. The Morgan fingerprint density at radius 1 is 1.34 bits per heavy atom. The summed E-state index contributed by atoms with van der Waals surface area (Å²) in [5, 5.41) is 3.25. The molecular weight excluding hydrogens is 453 g/mol. The largest absolute Gasteiger partial charge is 0.351 e. The molecule has 1 spiro atoms. The third-order valence-corrected chi connectivity index (χ3v) is 9.87. The molecule has 0 unspecified atom stereocenters. The molecule has 8 nitrogen and oxygen atoms in total. The fourth-order valence-corrected chi connectivity index (χ4v) is 7.82. The summed E-state index contributed by atoms with van der Waals surface area (Å²) in [5.74, 6) is -0.217. The Bertz CT molecular complexity index is 1220. The maximum atomic E-state index is 14.8. The second kappa shape index (κ2) is 7.19. The van der Waals surface area contributed by atoms with Gasteiger partial charge in [0.1, 0.15) is 5.69 Å². The predicted octanol–water partition coefficient (Wildman–Crippen LogP) is 2.95. The molecule has 32 heavy (non-hydrogen) atoms. The molecule has 3 aliphatic rings. The lowest BCUT2D eigenvalue weighted by Gasteiger charge is -2.36. The molecule has 1 aliphatic carbocycles. The molecule has 1 amide bonds. The van der Waals surface area contributed by atoms with Crippen LogP contribution in [-0.4, -0.2) is 65.4 Å². The molecule has 0 bridgehead atoms. The number of thiophene rings is 1. The van der Waals surface area contributed by atoms with Gasteiger partial charge < -0.3 is 10.2 Å². The lowest BCUT2D eigenvalue weighted by atomic mass is 10.0. The topological polar surface area (TPSA) is 95.5 Å². The van der Waals surface area contributed by atoms with E-state index in [1.807, 2.05) is 25.8 Å². The number of carbonyl (C=O) groups excluding carboxylic acids is 1. The zero-order chi connectivity index (χ0) is 23.0. The quantitative estimate of drug-likeness (QED) is 0.725. The van der Waals surface area contributed by atoms with Crippen LogP contribution in [0.5, 0.6) is 0 Å². The first-order valence-corrected chi connectivity index (χ1v) is 13.4. The monoisotopic (exact) mass is 479 g/mol. The second-order valence-corrected chi connectivity index (χ2v) is 12.1. The third-order valence-electron chi connectivity index (χ3n) is 6.99. The van der Waals surface area contributed by atoms with Gasteiger partial charge in [-0.05, 0) is 45.1 Å². The van der Waals surface area contributed by atoms with Crippen molar-refractivity contribution in [2.75, 3.05) is 25.2 Å². The van der Waals surface area contributed by atoms with Crippen molar-refractivity contribution in [1.29, 1.82) is 0 Å². The summed E-state index contributed by atoms with van der Waals surface area (Å²) in [4.78, 5) is 24.9. The van der Waals surface area contributed by atoms with E-state index < -0.39 is 15.8 Å². The zero-order valence-electron chi connectivity index (χ0n) is 18.5. The molecule has 1 N–H and O–H groups in total. The number of piperidine rings is 1. The van der Waals surface area contributed by atoms with Crippen molar-refractivity contribution in [1.82, 2.24) is 19.2 Å². The van der Waals surface area contributed by atoms with Crippen molar-refractivity contribution in [2.45, 2.75) is 57.2 Å². The standard InChI is InChI=1S/C21H26FN5O3S2/c1-11-9-13(5-8-27(11)32(4,29)30)24-20-23-10-14(22)16(25-20)17-12(2)15-18(31-17)21(6-7-21)26(3)19(15)28/h10-11,13H,5-9H2,1-4H3,(H,23,24,25)/t11-,13-/m0/s1. The molecule has 2 aliphatic heterocycles. The van der Waals surface area contributed by atoms with E-state index in [-0.39, 0.29) is 29.2 Å². The van der Waals surface area contributed by atoms with Crippen LogP contribution in [0.1, 0.15) is 53.4 Å². The van der Waals surface area contributed by atoms with Crippen LogP contribution in [0.4, 0.5) is 10.3 Å². The highest BCUT2D eigenvalue weighted by molar-refractivity contribution is 7.88. The van der Waals surface area contributed by atoms with Crippen molar-refractivity contribution in [2.24, 2.45) is 0 Å². The lowest BCUT2D eigenvalue weighted by molar-refractivity contribution is 0.0755. The molecule has 5 rings (SSSR count). The molecule has 11 heteroatoms. The number of anilines is 1. The maximum absolute atomic E-state index is 14.8. The zero-order valence-corrected chi connectivity index (χ0v) is 20.1. The van der Waals surface area contributed by atoms with Gasteiger partial charge in [0.2, 0.25) is 16.0 Å². The number of nitrogens with one attached hydrogen (secondary N) is 1. The van der Waals surface area contributed by atoms with E-state index in [9.17, 15) is 17.6 Å². The number of carbonyl (C=O) groups is 1. The summed E-state index contributed by atoms with van der Waals surface area (Å²) in [6.45, 7) is 4.15. The Hall–Kier alpha value is -2.11. The van der Waals surface area contributed by atoms with Crippen molar-refractivity contribution >= 4 is 33.2 Å². The highest BCUT2D eigenvalue weighted by Gasteiger charge is 2.58. The summed E-state index contributed by atoms with van der Waals surface area (Å²) in [5.41, 5.74) is 1.45. The van der Waals surface area contributed by atoms with E-state index in [1.54, 1.807) is 0 Å². The molecule has 1 saturated carbocycles. The van der Waals surface area contributed by atoms with Gasteiger partial charge in [0.05, 0.1) is 28.4 Å². The summed E-state index contributed by atoms with van der Waals surface area (Å²) in [6.07, 6.45) is 5.48. The first-order valence-electron chi connectivity index (χ1n) is 10.7. The highest BCUT2D eigenvalue weighted by Crippen LogP contribution is 2.60. The van der Waals surface area contributed by atoms with Gasteiger partial charge in [-0.15, -0.1) is 11.3 Å². The number of hydrogen-bond donors (Lipinski definition) is 1. The average molecular weight is 480 g/mol. The van der Waals surface area contributed by atoms with Crippen molar-refractivity contribution in [3.05, 3.63) is 28.0 Å². The number of hydrogen-bond acceptors (Lipinski definition) is 7. The summed E-state index contributed by atoms with van der Waals surface area (Å²) in [6, 6.07) is -0.155. The minimum absolute atomic E-state index is 0.00284.